The number of allylic oxidation sites excluding steroid dienone is 1. The van der Waals surface area contributed by atoms with Gasteiger partial charge in [0.15, 0.2) is 0 Å². The van der Waals surface area contributed by atoms with Crippen molar-refractivity contribution in [3.63, 3.8) is 0 Å². The first kappa shape index (κ1) is 14.8. The van der Waals surface area contributed by atoms with E-state index in [9.17, 15) is 9.59 Å². The van der Waals surface area contributed by atoms with Crippen molar-refractivity contribution >= 4 is 17.7 Å². The number of hydrogen-bond acceptors (Lipinski definition) is 3. The highest BCUT2D eigenvalue weighted by Gasteiger charge is 2.06. The quantitative estimate of drug-likeness (QED) is 0.820. The largest absolute Gasteiger partial charge is 0.465 e. The van der Waals surface area contributed by atoms with Crippen LogP contribution in [0.4, 0.5) is 10.5 Å². The number of rotatable bonds is 4. The van der Waals surface area contributed by atoms with Gasteiger partial charge in [0.2, 0.25) is 0 Å². The first-order valence-electron chi connectivity index (χ1n) is 5.95. The van der Waals surface area contributed by atoms with E-state index < -0.39 is 5.97 Å². The average molecular weight is 262 g/mol. The second kappa shape index (κ2) is 7.20. The van der Waals surface area contributed by atoms with E-state index >= 15 is 0 Å². The molecular weight excluding hydrogens is 244 g/mol. The maximum atomic E-state index is 11.6. The lowest BCUT2D eigenvalue weighted by Crippen LogP contribution is -2.24. The zero-order valence-corrected chi connectivity index (χ0v) is 11.3. The highest BCUT2D eigenvalue weighted by molar-refractivity contribution is 5.94. The average Bonchev–Trinajstić information content (AvgIpc) is 2.37. The van der Waals surface area contributed by atoms with Gasteiger partial charge in [-0.3, -0.25) is 0 Å². The Kier molecular flexibility index (Phi) is 5.60. The Bertz CT molecular complexity index is 481. The van der Waals surface area contributed by atoms with Gasteiger partial charge in [0.1, 0.15) is 0 Å². The van der Waals surface area contributed by atoms with E-state index in [1.54, 1.807) is 30.5 Å². The predicted octanol–water partition coefficient (Wildman–Crippen LogP) is 2.76. The lowest BCUT2D eigenvalue weighted by atomic mass is 10.2. The summed E-state index contributed by atoms with van der Waals surface area (Å²) >= 11 is 0. The number of anilines is 1. The summed E-state index contributed by atoms with van der Waals surface area (Å²) in [4.78, 5) is 22.9. The Morgan fingerprint density at radius 3 is 2.68 bits per heavy atom. The molecule has 0 aliphatic rings. The maximum absolute atomic E-state index is 11.6. The van der Waals surface area contributed by atoms with E-state index in [-0.39, 0.29) is 6.03 Å². The molecule has 2 amide bonds. The highest BCUT2D eigenvalue weighted by atomic mass is 16.5. The van der Waals surface area contributed by atoms with Gasteiger partial charge in [0.05, 0.1) is 12.7 Å². The lowest BCUT2D eigenvalue weighted by molar-refractivity contribution is 0.0600. The number of nitrogens with one attached hydrogen (secondary N) is 2. The highest BCUT2D eigenvalue weighted by Crippen LogP contribution is 2.11. The Labute approximate surface area is 112 Å². The minimum absolute atomic E-state index is 0.362. The molecule has 102 valence electrons. The molecule has 2 N–H and O–H groups in total. The molecule has 0 heterocycles. The Balaban J connectivity index is 2.62. The van der Waals surface area contributed by atoms with Gasteiger partial charge in [0, 0.05) is 11.9 Å². The molecule has 0 fully saturated rings. The molecule has 0 aliphatic heterocycles. The molecule has 1 aromatic carbocycles. The maximum Gasteiger partial charge on any atom is 0.337 e. The van der Waals surface area contributed by atoms with Crippen molar-refractivity contribution in [2.45, 2.75) is 13.8 Å². The zero-order valence-electron chi connectivity index (χ0n) is 11.3. The van der Waals surface area contributed by atoms with Crippen LogP contribution in [0, 0.1) is 5.92 Å². The van der Waals surface area contributed by atoms with Gasteiger partial charge in [-0.2, -0.15) is 0 Å². The summed E-state index contributed by atoms with van der Waals surface area (Å²) in [6.07, 6.45) is 3.45. The van der Waals surface area contributed by atoms with Crippen LogP contribution in [0.3, 0.4) is 0 Å². The van der Waals surface area contributed by atoms with Crippen molar-refractivity contribution in [3.8, 4) is 0 Å². The van der Waals surface area contributed by atoms with Crippen LogP contribution in [0.2, 0.25) is 0 Å². The van der Waals surface area contributed by atoms with Gasteiger partial charge in [-0.1, -0.05) is 26.0 Å². The van der Waals surface area contributed by atoms with Crippen LogP contribution in [0.1, 0.15) is 24.2 Å². The normalized spacial score (nSPS) is 10.5. The van der Waals surface area contributed by atoms with Crippen molar-refractivity contribution in [1.82, 2.24) is 5.32 Å². The summed E-state index contributed by atoms with van der Waals surface area (Å²) in [5.74, 6) is -0.0771. The topological polar surface area (TPSA) is 67.4 Å². The molecule has 5 nitrogen and oxygen atoms in total. The minimum atomic E-state index is -0.441. The second-order valence-corrected chi connectivity index (χ2v) is 4.27. The molecule has 0 bridgehead atoms. The first-order chi connectivity index (χ1) is 9.02. The summed E-state index contributed by atoms with van der Waals surface area (Å²) in [7, 11) is 1.31. The van der Waals surface area contributed by atoms with E-state index in [1.807, 2.05) is 19.9 Å². The molecule has 0 unspecified atom stereocenters. The van der Waals surface area contributed by atoms with E-state index in [1.165, 1.54) is 7.11 Å². The van der Waals surface area contributed by atoms with Gasteiger partial charge in [-0.05, 0) is 24.1 Å². The van der Waals surface area contributed by atoms with Crippen molar-refractivity contribution in [3.05, 3.63) is 42.1 Å². The molecule has 1 rings (SSSR count). The number of carbonyl (C=O) groups excluding carboxylic acids is 2. The molecule has 0 saturated carbocycles. The molecule has 0 saturated heterocycles. The fourth-order valence-electron chi connectivity index (χ4n) is 1.33. The van der Waals surface area contributed by atoms with Gasteiger partial charge in [0.25, 0.3) is 0 Å². The van der Waals surface area contributed by atoms with Gasteiger partial charge < -0.3 is 15.4 Å². The molecule has 19 heavy (non-hydrogen) atoms. The number of benzene rings is 1. The van der Waals surface area contributed by atoms with Crippen LogP contribution >= 0.6 is 0 Å². The van der Waals surface area contributed by atoms with Crippen molar-refractivity contribution in [2.24, 2.45) is 5.92 Å². The fourth-order valence-corrected chi connectivity index (χ4v) is 1.33. The number of amides is 2. The van der Waals surface area contributed by atoms with Crippen LogP contribution in [-0.4, -0.2) is 19.1 Å². The molecular formula is C14H18N2O3. The third-order valence-electron chi connectivity index (χ3n) is 2.24. The summed E-state index contributed by atoms with van der Waals surface area (Å²) in [5, 5.41) is 5.20. The third kappa shape index (κ3) is 5.25. The van der Waals surface area contributed by atoms with Crippen LogP contribution < -0.4 is 10.6 Å². The SMILES string of the molecule is COC(=O)c1cccc(NC(=O)N/C=C/C(C)C)c1. The van der Waals surface area contributed by atoms with Crippen LogP contribution in [0.5, 0.6) is 0 Å². The molecule has 0 aromatic heterocycles. The third-order valence-corrected chi connectivity index (χ3v) is 2.24. The molecule has 0 atom stereocenters. The lowest BCUT2D eigenvalue weighted by Gasteiger charge is -2.06. The zero-order chi connectivity index (χ0) is 14.3. The Morgan fingerprint density at radius 2 is 2.05 bits per heavy atom. The summed E-state index contributed by atoms with van der Waals surface area (Å²) in [5.41, 5.74) is 0.913. The van der Waals surface area contributed by atoms with E-state index in [4.69, 9.17) is 0 Å². The number of hydrogen-bond donors (Lipinski definition) is 2. The Hall–Kier alpha value is -2.30. The molecule has 1 aromatic rings. The molecule has 5 heteroatoms. The van der Waals surface area contributed by atoms with Gasteiger partial charge in [-0.25, -0.2) is 9.59 Å². The molecule has 0 radical (unpaired) electrons. The van der Waals surface area contributed by atoms with E-state index in [0.29, 0.717) is 17.2 Å². The number of urea groups is 1. The summed E-state index contributed by atoms with van der Waals surface area (Å²) in [6.45, 7) is 4.02. The molecule has 0 aliphatic carbocycles. The standard InChI is InChI=1S/C14H18N2O3/c1-10(2)7-8-15-14(18)16-12-6-4-5-11(9-12)13(17)19-3/h4-10H,1-3H3,(H2,15,16,18)/b8-7+. The number of esters is 1. The smallest absolute Gasteiger partial charge is 0.337 e. The van der Waals surface area contributed by atoms with Crippen LogP contribution in [0.25, 0.3) is 0 Å². The van der Waals surface area contributed by atoms with Crippen molar-refractivity contribution < 1.29 is 14.3 Å². The minimum Gasteiger partial charge on any atom is -0.465 e. The van der Waals surface area contributed by atoms with E-state index in [2.05, 4.69) is 15.4 Å². The molecule has 0 spiro atoms. The van der Waals surface area contributed by atoms with Gasteiger partial charge in [-0.15, -0.1) is 0 Å². The predicted molar refractivity (Wildman–Crippen MR) is 73.9 cm³/mol. The fraction of sp³-hybridized carbons (Fsp3) is 0.286. The monoisotopic (exact) mass is 262 g/mol. The number of carbonyl (C=O) groups is 2. The van der Waals surface area contributed by atoms with Crippen LogP contribution in [-0.2, 0) is 4.74 Å². The van der Waals surface area contributed by atoms with Crippen LogP contribution in [0.15, 0.2) is 36.5 Å². The second-order valence-electron chi connectivity index (χ2n) is 4.27. The van der Waals surface area contributed by atoms with Gasteiger partial charge >= 0.3 is 12.0 Å². The van der Waals surface area contributed by atoms with Crippen molar-refractivity contribution in [1.29, 1.82) is 0 Å². The number of ether oxygens (including phenoxy) is 1. The van der Waals surface area contributed by atoms with E-state index in [0.717, 1.165) is 0 Å². The van der Waals surface area contributed by atoms with Crippen molar-refractivity contribution in [2.75, 3.05) is 12.4 Å². The summed E-state index contributed by atoms with van der Waals surface area (Å²) < 4.78 is 4.61. The number of methoxy groups -OCH3 is 1. The Morgan fingerprint density at radius 1 is 1.32 bits per heavy atom. The summed E-state index contributed by atoms with van der Waals surface area (Å²) in [6, 6.07) is 6.17. The first-order valence-corrected chi connectivity index (χ1v) is 5.95.